The van der Waals surface area contributed by atoms with Gasteiger partial charge in [-0.3, -0.25) is 0 Å². The molecule has 8 atom stereocenters. The number of methoxy groups -OCH3 is 2. The van der Waals surface area contributed by atoms with Gasteiger partial charge in [0.05, 0.1) is 0 Å². The van der Waals surface area contributed by atoms with E-state index in [1.54, 1.807) is 14.2 Å². The summed E-state index contributed by atoms with van der Waals surface area (Å²) in [6.45, 7) is 8.69. The van der Waals surface area contributed by atoms with Crippen LogP contribution in [0.25, 0.3) is 0 Å². The summed E-state index contributed by atoms with van der Waals surface area (Å²) in [5, 5.41) is 0. The first kappa shape index (κ1) is 15.3. The molecule has 0 bridgehead atoms. The van der Waals surface area contributed by atoms with E-state index in [0.29, 0.717) is 23.7 Å². The molecule has 0 aromatic carbocycles. The molecule has 22 heavy (non-hydrogen) atoms. The Labute approximate surface area is 132 Å². The average Bonchev–Trinajstić information content (AvgIpc) is 3.14. The molecule has 8 unspecified atom stereocenters. The van der Waals surface area contributed by atoms with E-state index < -0.39 is 11.6 Å². The lowest BCUT2D eigenvalue weighted by molar-refractivity contribution is -0.377. The highest BCUT2D eigenvalue weighted by atomic mass is 16.9. The zero-order valence-corrected chi connectivity index (χ0v) is 14.4. The van der Waals surface area contributed by atoms with Crippen molar-refractivity contribution in [1.82, 2.24) is 0 Å². The van der Waals surface area contributed by atoms with Gasteiger partial charge in [0.25, 0.3) is 0 Å². The molecule has 3 saturated heterocycles. The first-order valence-corrected chi connectivity index (χ1v) is 8.52. The normalized spacial score (nSPS) is 55.6. The Kier molecular flexibility index (Phi) is 3.25. The monoisotopic (exact) mass is 312 g/mol. The van der Waals surface area contributed by atoms with Gasteiger partial charge in [0, 0.05) is 49.7 Å². The van der Waals surface area contributed by atoms with Crippen molar-refractivity contribution in [1.29, 1.82) is 0 Å². The maximum absolute atomic E-state index is 6.67. The molecule has 3 aliphatic heterocycles. The van der Waals surface area contributed by atoms with Crippen LogP contribution < -0.4 is 0 Å². The van der Waals surface area contributed by atoms with Crippen LogP contribution in [0.15, 0.2) is 0 Å². The van der Waals surface area contributed by atoms with Crippen molar-refractivity contribution in [2.75, 3.05) is 14.2 Å². The van der Waals surface area contributed by atoms with Crippen molar-refractivity contribution in [2.45, 2.75) is 58.3 Å². The van der Waals surface area contributed by atoms with Gasteiger partial charge in [-0.2, -0.15) is 0 Å². The van der Waals surface area contributed by atoms with Crippen molar-refractivity contribution in [3.63, 3.8) is 0 Å². The van der Waals surface area contributed by atoms with Crippen molar-refractivity contribution < 1.29 is 23.7 Å². The van der Waals surface area contributed by atoms with E-state index in [4.69, 9.17) is 23.7 Å². The summed E-state index contributed by atoms with van der Waals surface area (Å²) in [4.78, 5) is 0. The van der Waals surface area contributed by atoms with Crippen LogP contribution in [-0.2, 0) is 23.7 Å². The topological polar surface area (TPSA) is 46.2 Å². The predicted molar refractivity (Wildman–Crippen MR) is 78.6 cm³/mol. The smallest absolute Gasteiger partial charge is 0.180 e. The van der Waals surface area contributed by atoms with Gasteiger partial charge in [-0.25, -0.2) is 0 Å². The third-order valence-corrected chi connectivity index (χ3v) is 6.48. The van der Waals surface area contributed by atoms with E-state index >= 15 is 0 Å². The molecule has 5 heteroatoms. The maximum Gasteiger partial charge on any atom is 0.180 e. The van der Waals surface area contributed by atoms with Crippen LogP contribution in [-0.4, -0.2) is 38.4 Å². The van der Waals surface area contributed by atoms with Gasteiger partial charge in [0.2, 0.25) is 0 Å². The Morgan fingerprint density at radius 3 is 1.55 bits per heavy atom. The van der Waals surface area contributed by atoms with E-state index in [9.17, 15) is 0 Å². The summed E-state index contributed by atoms with van der Waals surface area (Å²) in [6.07, 6.45) is 0.667. The van der Waals surface area contributed by atoms with E-state index in [1.807, 2.05) is 0 Å². The lowest BCUT2D eigenvalue weighted by atomic mass is 9.76. The Morgan fingerprint density at radius 2 is 1.23 bits per heavy atom. The summed E-state index contributed by atoms with van der Waals surface area (Å²) in [5.41, 5.74) is 0. The summed E-state index contributed by atoms with van der Waals surface area (Å²) in [6, 6.07) is 0. The maximum atomic E-state index is 6.67. The summed E-state index contributed by atoms with van der Waals surface area (Å²) < 4.78 is 30.6. The Hall–Kier alpha value is -0.200. The Morgan fingerprint density at radius 1 is 0.818 bits per heavy atom. The molecule has 4 fully saturated rings. The number of hydrogen-bond donors (Lipinski definition) is 0. The second kappa shape index (κ2) is 4.67. The van der Waals surface area contributed by atoms with Crippen LogP contribution in [0.2, 0.25) is 0 Å². The number of hydrogen-bond acceptors (Lipinski definition) is 5. The molecule has 126 valence electrons. The van der Waals surface area contributed by atoms with Gasteiger partial charge >= 0.3 is 0 Å². The molecular weight excluding hydrogens is 284 g/mol. The highest BCUT2D eigenvalue weighted by Gasteiger charge is 2.80. The molecule has 0 amide bonds. The van der Waals surface area contributed by atoms with Crippen LogP contribution in [0.3, 0.4) is 0 Å². The molecule has 0 aromatic heterocycles. The number of rotatable bonds is 4. The fraction of sp³-hybridized carbons (Fsp3) is 1.00. The largest absolute Gasteiger partial charge is 0.355 e. The minimum atomic E-state index is -0.590. The van der Waals surface area contributed by atoms with E-state index in [2.05, 4.69) is 27.7 Å². The molecular formula is C17H28O5. The number of ether oxygens (including phenoxy) is 5. The van der Waals surface area contributed by atoms with Gasteiger partial charge in [0.1, 0.15) is 0 Å². The molecule has 5 nitrogen and oxygen atoms in total. The van der Waals surface area contributed by atoms with Crippen molar-refractivity contribution >= 4 is 0 Å². The minimum Gasteiger partial charge on any atom is -0.355 e. The zero-order chi connectivity index (χ0) is 15.9. The van der Waals surface area contributed by atoms with E-state index in [1.165, 1.54) is 0 Å². The third kappa shape index (κ3) is 1.52. The van der Waals surface area contributed by atoms with Crippen LogP contribution in [0.5, 0.6) is 0 Å². The summed E-state index contributed by atoms with van der Waals surface area (Å²) >= 11 is 0. The lowest BCUT2D eigenvalue weighted by Crippen LogP contribution is -2.46. The highest BCUT2D eigenvalue weighted by Crippen LogP contribution is 2.72. The van der Waals surface area contributed by atoms with Crippen molar-refractivity contribution in [3.8, 4) is 0 Å². The predicted octanol–water partition coefficient (Wildman–Crippen LogP) is 2.60. The Bertz CT molecular complexity index is 426. The summed E-state index contributed by atoms with van der Waals surface area (Å²) in [5.74, 6) is 0.708. The van der Waals surface area contributed by atoms with Gasteiger partial charge < -0.3 is 23.7 Å². The summed E-state index contributed by atoms with van der Waals surface area (Å²) in [7, 11) is 3.46. The van der Waals surface area contributed by atoms with Gasteiger partial charge in [0.15, 0.2) is 24.2 Å². The highest BCUT2D eigenvalue weighted by molar-refractivity contribution is 5.17. The molecule has 4 aliphatic rings. The standard InChI is InChI=1S/C17H28O5/c1-8(2)16-12-10(14(18-5)20-16)7-11-13(12)17(22-16,9(3)4)21-15(11)19-6/h8-15H,7H2,1-6H3. The SMILES string of the molecule is COC1OC2(C(C)C)OC3(C(C)C)OC(OC)C4CC1C2C43. The molecule has 0 N–H and O–H groups in total. The fourth-order valence-corrected chi connectivity index (χ4v) is 5.65. The van der Waals surface area contributed by atoms with Crippen molar-refractivity contribution in [3.05, 3.63) is 0 Å². The van der Waals surface area contributed by atoms with Gasteiger partial charge in [-0.15, -0.1) is 0 Å². The first-order chi connectivity index (χ1) is 10.4. The molecule has 4 rings (SSSR count). The van der Waals surface area contributed by atoms with E-state index in [0.717, 1.165) is 6.42 Å². The zero-order valence-electron chi connectivity index (χ0n) is 14.4. The van der Waals surface area contributed by atoms with Crippen LogP contribution in [0.4, 0.5) is 0 Å². The van der Waals surface area contributed by atoms with Crippen LogP contribution in [0, 0.1) is 35.5 Å². The fourth-order valence-electron chi connectivity index (χ4n) is 5.65. The van der Waals surface area contributed by atoms with Gasteiger partial charge in [-0.1, -0.05) is 27.7 Å². The average molecular weight is 312 g/mol. The van der Waals surface area contributed by atoms with Crippen molar-refractivity contribution in [2.24, 2.45) is 35.5 Å². The molecule has 0 aromatic rings. The molecule has 1 saturated carbocycles. The molecule has 0 spiro atoms. The first-order valence-electron chi connectivity index (χ1n) is 8.52. The second-order valence-electron chi connectivity index (χ2n) is 7.91. The third-order valence-electron chi connectivity index (χ3n) is 6.48. The van der Waals surface area contributed by atoms with E-state index in [-0.39, 0.29) is 24.4 Å². The second-order valence-corrected chi connectivity index (χ2v) is 7.91. The van der Waals surface area contributed by atoms with Crippen LogP contribution >= 0.6 is 0 Å². The molecule has 1 aliphatic carbocycles. The van der Waals surface area contributed by atoms with Crippen LogP contribution in [0.1, 0.15) is 34.1 Å². The lowest BCUT2D eigenvalue weighted by Gasteiger charge is -2.38. The quantitative estimate of drug-likeness (QED) is 0.798. The van der Waals surface area contributed by atoms with Gasteiger partial charge in [-0.05, 0) is 6.42 Å². The minimum absolute atomic E-state index is 0.180. The Balaban J connectivity index is 1.82. The molecule has 3 heterocycles. The molecule has 0 radical (unpaired) electrons.